The Kier molecular flexibility index (Phi) is 8.22. The van der Waals surface area contributed by atoms with E-state index in [2.05, 4.69) is 12.4 Å². The van der Waals surface area contributed by atoms with Crippen molar-refractivity contribution in [2.75, 3.05) is 11.5 Å². The molecule has 0 heterocycles. The maximum Gasteiger partial charge on any atom is 0.255 e. The van der Waals surface area contributed by atoms with Gasteiger partial charge in [-0.25, -0.2) is 5.48 Å². The summed E-state index contributed by atoms with van der Waals surface area (Å²) in [6, 6.07) is 9.43. The van der Waals surface area contributed by atoms with Crippen LogP contribution in [-0.4, -0.2) is 24.5 Å². The van der Waals surface area contributed by atoms with Crippen LogP contribution < -0.4 is 10.4 Å². The number of hydroxylamine groups is 1. The summed E-state index contributed by atoms with van der Waals surface area (Å²) < 4.78 is 0. The van der Waals surface area contributed by atoms with Crippen LogP contribution >= 0.6 is 0 Å². The molecule has 0 spiro atoms. The minimum atomic E-state index is -0.185. The van der Waals surface area contributed by atoms with Crippen LogP contribution in [0.5, 0.6) is 0 Å². The van der Waals surface area contributed by atoms with Gasteiger partial charge in [0.1, 0.15) is 0 Å². The minimum Gasteiger partial charge on any atom is -0.308 e. The number of nitrogens with one attached hydrogen (secondary N) is 1. The van der Waals surface area contributed by atoms with E-state index in [1.807, 2.05) is 44.2 Å². The molecule has 0 aliphatic heterocycles. The van der Waals surface area contributed by atoms with Crippen molar-refractivity contribution >= 4 is 17.5 Å². The number of benzene rings is 1. The second-order valence-electron chi connectivity index (χ2n) is 5.46. The summed E-state index contributed by atoms with van der Waals surface area (Å²) in [6.07, 6.45) is 3.34. The molecule has 0 fully saturated rings. The second-order valence-corrected chi connectivity index (χ2v) is 5.46. The van der Waals surface area contributed by atoms with Crippen molar-refractivity contribution in [2.24, 2.45) is 0 Å². The number of rotatable bonds is 9. The highest BCUT2D eigenvalue weighted by Crippen LogP contribution is 2.16. The Labute approximate surface area is 132 Å². The molecule has 0 saturated carbocycles. The van der Waals surface area contributed by atoms with Gasteiger partial charge in [-0.1, -0.05) is 38.0 Å². The Bertz CT molecular complexity index is 460. The van der Waals surface area contributed by atoms with Gasteiger partial charge in [0.15, 0.2) is 6.61 Å². The fourth-order valence-corrected chi connectivity index (χ4v) is 2.15. The van der Waals surface area contributed by atoms with E-state index >= 15 is 0 Å². The van der Waals surface area contributed by atoms with Gasteiger partial charge < -0.3 is 4.90 Å². The monoisotopic (exact) mass is 306 g/mol. The van der Waals surface area contributed by atoms with E-state index in [4.69, 9.17) is 4.84 Å². The van der Waals surface area contributed by atoms with Crippen LogP contribution in [0, 0.1) is 0 Å². The van der Waals surface area contributed by atoms with Crippen molar-refractivity contribution in [3.63, 3.8) is 0 Å². The van der Waals surface area contributed by atoms with Crippen LogP contribution in [0.1, 0.15) is 46.5 Å². The molecule has 0 aromatic heterocycles. The Morgan fingerprint density at radius 2 is 1.86 bits per heavy atom. The lowest BCUT2D eigenvalue weighted by molar-refractivity contribution is -0.138. The Hall–Kier alpha value is -1.88. The van der Waals surface area contributed by atoms with Crippen LogP contribution in [0.3, 0.4) is 0 Å². The van der Waals surface area contributed by atoms with E-state index in [-0.39, 0.29) is 24.5 Å². The summed E-state index contributed by atoms with van der Waals surface area (Å²) in [6.45, 7) is 5.78. The SMILES string of the molecule is CCCCCC(=O)NOCC(=O)N(c1ccccc1)C(C)C. The van der Waals surface area contributed by atoms with Crippen molar-refractivity contribution in [1.82, 2.24) is 5.48 Å². The summed E-state index contributed by atoms with van der Waals surface area (Å²) in [5.41, 5.74) is 3.15. The lowest BCUT2D eigenvalue weighted by atomic mass is 10.2. The Balaban J connectivity index is 2.44. The van der Waals surface area contributed by atoms with Crippen LogP contribution in [-0.2, 0) is 14.4 Å². The minimum absolute atomic E-state index is 0.0127. The van der Waals surface area contributed by atoms with Gasteiger partial charge in [-0.2, -0.15) is 0 Å². The van der Waals surface area contributed by atoms with Gasteiger partial charge in [0.2, 0.25) is 5.91 Å². The van der Waals surface area contributed by atoms with E-state index in [0.29, 0.717) is 6.42 Å². The van der Waals surface area contributed by atoms with Crippen LogP contribution in [0.4, 0.5) is 5.69 Å². The Morgan fingerprint density at radius 1 is 1.18 bits per heavy atom. The molecular formula is C17H26N2O3. The van der Waals surface area contributed by atoms with Crippen molar-refractivity contribution in [3.05, 3.63) is 30.3 Å². The topological polar surface area (TPSA) is 58.6 Å². The van der Waals surface area contributed by atoms with Crippen molar-refractivity contribution in [3.8, 4) is 0 Å². The quantitative estimate of drug-likeness (QED) is 0.563. The van der Waals surface area contributed by atoms with E-state index in [9.17, 15) is 9.59 Å². The number of hydrogen-bond donors (Lipinski definition) is 1. The third-order valence-corrected chi connectivity index (χ3v) is 3.21. The molecule has 0 aliphatic rings. The van der Waals surface area contributed by atoms with Gasteiger partial charge in [0.05, 0.1) is 0 Å². The van der Waals surface area contributed by atoms with Gasteiger partial charge in [-0.15, -0.1) is 0 Å². The lowest BCUT2D eigenvalue weighted by Gasteiger charge is -2.26. The number of carbonyl (C=O) groups is 2. The zero-order valence-corrected chi connectivity index (χ0v) is 13.7. The summed E-state index contributed by atoms with van der Waals surface area (Å²) in [5.74, 6) is -0.368. The fourth-order valence-electron chi connectivity index (χ4n) is 2.15. The number of anilines is 1. The largest absolute Gasteiger partial charge is 0.308 e. The average Bonchev–Trinajstić information content (AvgIpc) is 2.48. The number of hydrogen-bond acceptors (Lipinski definition) is 3. The van der Waals surface area contributed by atoms with Gasteiger partial charge in [-0.05, 0) is 32.4 Å². The zero-order chi connectivity index (χ0) is 16.4. The maximum atomic E-state index is 12.3. The molecule has 5 nitrogen and oxygen atoms in total. The molecule has 22 heavy (non-hydrogen) atoms. The second kappa shape index (κ2) is 9.95. The van der Waals surface area contributed by atoms with Gasteiger partial charge >= 0.3 is 0 Å². The number of carbonyl (C=O) groups excluding carboxylic acids is 2. The summed E-state index contributed by atoms with van der Waals surface area (Å²) in [7, 11) is 0. The summed E-state index contributed by atoms with van der Waals surface area (Å²) in [4.78, 5) is 30.5. The molecule has 0 aliphatic carbocycles. The first-order chi connectivity index (χ1) is 10.6. The first-order valence-corrected chi connectivity index (χ1v) is 7.84. The predicted molar refractivity (Wildman–Crippen MR) is 87.3 cm³/mol. The van der Waals surface area contributed by atoms with Crippen molar-refractivity contribution in [1.29, 1.82) is 0 Å². The number of amides is 2. The number of nitrogens with zero attached hydrogens (tertiary/aromatic N) is 1. The molecular weight excluding hydrogens is 280 g/mol. The molecule has 2 amide bonds. The van der Waals surface area contributed by atoms with Crippen LogP contribution in [0.2, 0.25) is 0 Å². The van der Waals surface area contributed by atoms with Crippen LogP contribution in [0.25, 0.3) is 0 Å². The normalized spacial score (nSPS) is 10.5. The highest BCUT2D eigenvalue weighted by Gasteiger charge is 2.19. The molecule has 0 atom stereocenters. The highest BCUT2D eigenvalue weighted by molar-refractivity contribution is 5.94. The zero-order valence-electron chi connectivity index (χ0n) is 13.7. The van der Waals surface area contributed by atoms with E-state index in [1.54, 1.807) is 4.90 Å². The molecule has 122 valence electrons. The predicted octanol–water partition coefficient (Wildman–Crippen LogP) is 3.06. The summed E-state index contributed by atoms with van der Waals surface area (Å²) >= 11 is 0. The average molecular weight is 306 g/mol. The molecule has 0 saturated heterocycles. The summed E-state index contributed by atoms with van der Waals surface area (Å²) in [5, 5.41) is 0. The third kappa shape index (κ3) is 6.26. The number of para-hydroxylation sites is 1. The van der Waals surface area contributed by atoms with E-state index < -0.39 is 0 Å². The highest BCUT2D eigenvalue weighted by atomic mass is 16.7. The van der Waals surface area contributed by atoms with E-state index in [1.165, 1.54) is 0 Å². The van der Waals surface area contributed by atoms with Gasteiger partial charge in [-0.3, -0.25) is 14.4 Å². The number of unbranched alkanes of at least 4 members (excludes halogenated alkanes) is 2. The Morgan fingerprint density at radius 3 is 2.45 bits per heavy atom. The fraction of sp³-hybridized carbons (Fsp3) is 0.529. The molecule has 5 heteroatoms. The molecule has 1 rings (SSSR count). The molecule has 1 aromatic rings. The first kappa shape index (κ1) is 18.2. The van der Waals surface area contributed by atoms with Crippen molar-refractivity contribution < 1.29 is 14.4 Å². The third-order valence-electron chi connectivity index (χ3n) is 3.21. The molecule has 0 bridgehead atoms. The standard InChI is InChI=1S/C17H26N2O3/c1-4-5-7-12-16(20)18-22-13-17(21)19(14(2)3)15-10-8-6-9-11-15/h6,8-11,14H,4-5,7,12-13H2,1-3H3,(H,18,20). The molecule has 0 radical (unpaired) electrons. The van der Waals surface area contributed by atoms with Crippen LogP contribution in [0.15, 0.2) is 30.3 Å². The van der Waals surface area contributed by atoms with E-state index in [0.717, 1.165) is 24.9 Å². The maximum absolute atomic E-state index is 12.3. The molecule has 1 aromatic carbocycles. The molecule has 0 unspecified atom stereocenters. The van der Waals surface area contributed by atoms with Gasteiger partial charge in [0.25, 0.3) is 5.91 Å². The van der Waals surface area contributed by atoms with Gasteiger partial charge in [0, 0.05) is 18.2 Å². The lowest BCUT2D eigenvalue weighted by Crippen LogP contribution is -2.41. The van der Waals surface area contributed by atoms with Crippen molar-refractivity contribution in [2.45, 2.75) is 52.5 Å². The first-order valence-electron chi connectivity index (χ1n) is 7.84. The molecule has 1 N–H and O–H groups in total. The smallest absolute Gasteiger partial charge is 0.255 e.